The van der Waals surface area contributed by atoms with Gasteiger partial charge in [-0.1, -0.05) is 26.0 Å². The van der Waals surface area contributed by atoms with E-state index in [-0.39, 0.29) is 29.7 Å². The molecule has 2 unspecified atom stereocenters. The van der Waals surface area contributed by atoms with Crippen LogP contribution in [0.5, 0.6) is 5.75 Å². The fourth-order valence-corrected chi connectivity index (χ4v) is 2.65. The molecule has 0 radical (unpaired) electrons. The minimum Gasteiger partial charge on any atom is -0.491 e. The van der Waals surface area contributed by atoms with Crippen molar-refractivity contribution < 1.29 is 14.6 Å². The molecule has 0 aliphatic carbocycles. The minimum atomic E-state index is -0.382. The van der Waals surface area contributed by atoms with Gasteiger partial charge >= 0.3 is 6.03 Å². The summed E-state index contributed by atoms with van der Waals surface area (Å²) in [5, 5.41) is 15.3. The molecule has 0 spiro atoms. The van der Waals surface area contributed by atoms with E-state index in [0.29, 0.717) is 13.0 Å². The van der Waals surface area contributed by atoms with Gasteiger partial charge in [0.2, 0.25) is 0 Å². The number of carbonyl (C=O) groups is 1. The van der Waals surface area contributed by atoms with E-state index in [4.69, 9.17) is 4.74 Å². The van der Waals surface area contributed by atoms with E-state index in [1.807, 2.05) is 58.9 Å². The molecule has 0 heterocycles. The smallest absolute Gasteiger partial charge is 0.315 e. The first kappa shape index (κ1) is 20.3. The van der Waals surface area contributed by atoms with Gasteiger partial charge in [-0.3, -0.25) is 0 Å². The van der Waals surface area contributed by atoms with Gasteiger partial charge in [-0.05, 0) is 57.2 Å². The maximum absolute atomic E-state index is 12.1. The van der Waals surface area contributed by atoms with E-state index in [9.17, 15) is 9.90 Å². The number of hydrogen-bond acceptors (Lipinski definition) is 3. The molecule has 3 N–H and O–H groups in total. The van der Waals surface area contributed by atoms with Crippen LogP contribution in [0.4, 0.5) is 4.79 Å². The van der Waals surface area contributed by atoms with Gasteiger partial charge in [0.05, 0.1) is 18.2 Å². The number of benzene rings is 1. The Bertz CT molecular complexity index is 527. The van der Waals surface area contributed by atoms with Crippen LogP contribution in [0.2, 0.25) is 0 Å². The number of nitrogens with one attached hydrogen (secondary N) is 2. The summed E-state index contributed by atoms with van der Waals surface area (Å²) in [6.07, 6.45) is 0.368. The number of carbonyl (C=O) groups excluding carboxylic acids is 1. The Morgan fingerprint density at radius 2 is 1.92 bits per heavy atom. The van der Waals surface area contributed by atoms with Gasteiger partial charge in [0.1, 0.15) is 5.75 Å². The predicted octanol–water partition coefficient (Wildman–Crippen LogP) is 3.63. The van der Waals surface area contributed by atoms with Crippen LogP contribution in [0.3, 0.4) is 0 Å². The van der Waals surface area contributed by atoms with E-state index in [1.54, 1.807) is 6.92 Å². The highest BCUT2D eigenvalue weighted by molar-refractivity contribution is 5.74. The van der Waals surface area contributed by atoms with Gasteiger partial charge in [0.25, 0.3) is 0 Å². The third-order valence-corrected chi connectivity index (χ3v) is 3.65. The molecule has 0 aromatic heterocycles. The Morgan fingerprint density at radius 1 is 1.25 bits per heavy atom. The molecule has 136 valence electrons. The summed E-state index contributed by atoms with van der Waals surface area (Å²) in [5.74, 6) is 0.801. The molecule has 0 saturated carbocycles. The topological polar surface area (TPSA) is 70.6 Å². The average molecular weight is 336 g/mol. The largest absolute Gasteiger partial charge is 0.491 e. The first-order valence-corrected chi connectivity index (χ1v) is 8.58. The van der Waals surface area contributed by atoms with Gasteiger partial charge in [-0.2, -0.15) is 0 Å². The van der Waals surface area contributed by atoms with Crippen LogP contribution >= 0.6 is 0 Å². The fourth-order valence-electron chi connectivity index (χ4n) is 2.65. The molecular weight excluding hydrogens is 304 g/mol. The second-order valence-electron chi connectivity index (χ2n) is 7.51. The first-order chi connectivity index (χ1) is 11.1. The molecule has 24 heavy (non-hydrogen) atoms. The molecule has 5 heteroatoms. The van der Waals surface area contributed by atoms with Crippen molar-refractivity contribution in [3.63, 3.8) is 0 Å². The number of hydrogen-bond donors (Lipinski definition) is 3. The number of amides is 2. The van der Waals surface area contributed by atoms with Crippen molar-refractivity contribution in [3.8, 4) is 5.75 Å². The Labute approximate surface area is 145 Å². The molecule has 2 atom stereocenters. The molecule has 5 nitrogen and oxygen atoms in total. The molecular formula is C19H32N2O3. The highest BCUT2D eigenvalue weighted by Crippen LogP contribution is 2.22. The van der Waals surface area contributed by atoms with Gasteiger partial charge in [-0.25, -0.2) is 4.79 Å². The van der Waals surface area contributed by atoms with E-state index in [1.165, 1.54) is 0 Å². The first-order valence-electron chi connectivity index (χ1n) is 8.58. The van der Waals surface area contributed by atoms with E-state index >= 15 is 0 Å². The van der Waals surface area contributed by atoms with E-state index in [0.717, 1.165) is 11.3 Å². The maximum Gasteiger partial charge on any atom is 0.315 e. The Morgan fingerprint density at radius 3 is 2.50 bits per heavy atom. The lowest BCUT2D eigenvalue weighted by Gasteiger charge is -2.27. The molecule has 1 aromatic rings. The van der Waals surface area contributed by atoms with Crippen LogP contribution in [-0.2, 0) is 0 Å². The normalized spacial score (nSPS) is 14.2. The minimum absolute atomic E-state index is 0.114. The zero-order valence-corrected chi connectivity index (χ0v) is 15.7. The molecule has 0 bridgehead atoms. The second kappa shape index (κ2) is 8.92. The summed E-state index contributed by atoms with van der Waals surface area (Å²) in [5.41, 5.74) is 0.839. The molecule has 1 aromatic carbocycles. The number of urea groups is 1. The summed E-state index contributed by atoms with van der Waals surface area (Å²) < 4.78 is 5.69. The fraction of sp³-hybridized carbons (Fsp3) is 0.632. The van der Waals surface area contributed by atoms with Gasteiger partial charge in [0.15, 0.2) is 0 Å². The highest BCUT2D eigenvalue weighted by atomic mass is 16.5. The van der Waals surface area contributed by atoms with Crippen molar-refractivity contribution in [1.82, 2.24) is 10.6 Å². The summed E-state index contributed by atoms with van der Waals surface area (Å²) in [4.78, 5) is 12.1. The van der Waals surface area contributed by atoms with Crippen molar-refractivity contribution in [1.29, 1.82) is 0 Å². The predicted molar refractivity (Wildman–Crippen MR) is 97.2 cm³/mol. The van der Waals surface area contributed by atoms with Gasteiger partial charge in [-0.15, -0.1) is 0 Å². The molecule has 2 amide bonds. The number of ether oxygens (including phenoxy) is 1. The van der Waals surface area contributed by atoms with Crippen LogP contribution in [0.25, 0.3) is 0 Å². The number of rotatable bonds is 8. The van der Waals surface area contributed by atoms with E-state index in [2.05, 4.69) is 10.6 Å². The Hall–Kier alpha value is -1.75. The van der Waals surface area contributed by atoms with Crippen LogP contribution < -0.4 is 15.4 Å². The quantitative estimate of drug-likeness (QED) is 0.679. The summed E-state index contributed by atoms with van der Waals surface area (Å²) in [6, 6.07) is 7.42. The monoisotopic (exact) mass is 336 g/mol. The summed E-state index contributed by atoms with van der Waals surface area (Å²) in [6.45, 7) is 12.2. The number of aliphatic hydroxyl groups excluding tert-OH is 1. The molecule has 0 fully saturated rings. The lowest BCUT2D eigenvalue weighted by molar-refractivity contribution is 0.128. The highest BCUT2D eigenvalue weighted by Gasteiger charge is 2.21. The zero-order valence-electron chi connectivity index (χ0n) is 15.7. The molecule has 0 saturated heterocycles. The standard InChI is InChI=1S/C19H32N2O3/c1-13(2)24-17-9-7-8-16(10-17)15(4)21-18(23)20-12-19(5,6)11-14(3)22/h7-10,13-15,22H,11-12H2,1-6H3,(H2,20,21,23). The SMILES string of the molecule is CC(O)CC(C)(C)CNC(=O)NC(C)c1cccc(OC(C)C)c1. The number of aliphatic hydroxyl groups is 1. The van der Waals surface area contributed by atoms with Crippen LogP contribution in [0, 0.1) is 5.41 Å². The van der Waals surface area contributed by atoms with Crippen LogP contribution in [0.15, 0.2) is 24.3 Å². The third-order valence-electron chi connectivity index (χ3n) is 3.65. The molecule has 0 aliphatic rings. The average Bonchev–Trinajstić information content (AvgIpc) is 2.43. The lowest BCUT2D eigenvalue weighted by atomic mass is 9.87. The molecule has 1 rings (SSSR count). The van der Waals surface area contributed by atoms with Gasteiger partial charge < -0.3 is 20.5 Å². The molecule has 0 aliphatic heterocycles. The van der Waals surface area contributed by atoms with E-state index < -0.39 is 0 Å². The third kappa shape index (κ3) is 7.68. The van der Waals surface area contributed by atoms with Crippen LogP contribution in [-0.4, -0.2) is 29.9 Å². The van der Waals surface area contributed by atoms with Crippen molar-refractivity contribution in [3.05, 3.63) is 29.8 Å². The Balaban J connectivity index is 2.55. The zero-order chi connectivity index (χ0) is 18.3. The van der Waals surface area contributed by atoms with Crippen molar-refractivity contribution >= 4 is 6.03 Å². The van der Waals surface area contributed by atoms with Crippen LogP contribution in [0.1, 0.15) is 59.6 Å². The maximum atomic E-state index is 12.1. The second-order valence-corrected chi connectivity index (χ2v) is 7.51. The van der Waals surface area contributed by atoms with Crippen molar-refractivity contribution in [2.45, 2.75) is 66.2 Å². The van der Waals surface area contributed by atoms with Crippen molar-refractivity contribution in [2.24, 2.45) is 5.41 Å². The van der Waals surface area contributed by atoms with Gasteiger partial charge in [0, 0.05) is 6.54 Å². The summed E-state index contributed by atoms with van der Waals surface area (Å²) >= 11 is 0. The lowest BCUT2D eigenvalue weighted by Crippen LogP contribution is -2.42. The summed E-state index contributed by atoms with van der Waals surface area (Å²) in [7, 11) is 0. The van der Waals surface area contributed by atoms with Crippen molar-refractivity contribution in [2.75, 3.05) is 6.54 Å². The Kier molecular flexibility index (Phi) is 7.55.